The summed E-state index contributed by atoms with van der Waals surface area (Å²) in [5.74, 6) is 3.57. The normalized spacial score (nSPS) is 13.0. The molecule has 0 aliphatic heterocycles. The summed E-state index contributed by atoms with van der Waals surface area (Å²) in [5.41, 5.74) is 2.98. The van der Waals surface area contributed by atoms with E-state index in [0.717, 1.165) is 33.4 Å². The van der Waals surface area contributed by atoms with Gasteiger partial charge in [0, 0.05) is 27.7 Å². The second-order valence-corrected chi connectivity index (χ2v) is 24.4. The van der Waals surface area contributed by atoms with Crippen LogP contribution in [0.1, 0.15) is 189 Å². The molecule has 0 bridgehead atoms. The van der Waals surface area contributed by atoms with Crippen LogP contribution in [0.25, 0.3) is 0 Å². The maximum absolute atomic E-state index is 11.0. The number of benzene rings is 5. The quantitative estimate of drug-likeness (QED) is 0.123. The van der Waals surface area contributed by atoms with Crippen molar-refractivity contribution >= 4 is 0 Å². The molecule has 7 nitrogen and oxygen atoms in total. The van der Waals surface area contributed by atoms with Gasteiger partial charge in [-0.05, 0) is 114 Å². The maximum Gasteiger partial charge on any atom is 0.145 e. The monoisotopic (exact) mass is 914 g/mol. The third-order valence-corrected chi connectivity index (χ3v) is 14.3. The first kappa shape index (κ1) is 52.7. The van der Waals surface area contributed by atoms with Gasteiger partial charge in [0.1, 0.15) is 57.8 Å². The van der Waals surface area contributed by atoms with Crippen molar-refractivity contribution in [2.45, 2.75) is 177 Å². The molecule has 358 valence electrons. The van der Waals surface area contributed by atoms with Crippen molar-refractivity contribution in [2.24, 2.45) is 5.41 Å². The Morgan fingerprint density at radius 2 is 0.853 bits per heavy atom. The van der Waals surface area contributed by atoms with E-state index in [4.69, 9.17) is 18.9 Å². The zero-order valence-electron chi connectivity index (χ0n) is 44.6. The molecule has 0 aliphatic rings. The number of para-hydroxylation sites is 1. The van der Waals surface area contributed by atoms with Crippen LogP contribution in [0.15, 0.2) is 91.0 Å². The third kappa shape index (κ3) is 10.6. The smallest absolute Gasteiger partial charge is 0.145 e. The van der Waals surface area contributed by atoms with Gasteiger partial charge in [-0.3, -0.25) is 0 Å². The standard InChI is InChI=1S/C61H75N3O4/c1-54(2,3)46-33-40(65-49-29-22-21-25-39(49)36-62)31-32-51(46)68-61(19,20)59(15,16)44-27-24-30-50(42(44)38-64)66-52-34-48(56(7,8)9)53(35-47(52)55(4,5)6)67-60(17,18)45-28-23-26-43(41(45)37-63)58(13,14)57(10,11)12/h21-35H,1-20H3. The molecule has 5 aromatic carbocycles. The van der Waals surface area contributed by atoms with E-state index in [1.165, 1.54) is 0 Å². The van der Waals surface area contributed by atoms with Gasteiger partial charge in [-0.25, -0.2) is 0 Å². The molecule has 0 spiro atoms. The summed E-state index contributed by atoms with van der Waals surface area (Å²) in [7, 11) is 0. The predicted octanol–water partition coefficient (Wildman–Crippen LogP) is 16.6. The summed E-state index contributed by atoms with van der Waals surface area (Å²) in [6.07, 6.45) is 0. The number of nitriles is 3. The van der Waals surface area contributed by atoms with E-state index >= 15 is 0 Å². The lowest BCUT2D eigenvalue weighted by Crippen LogP contribution is -2.48. The second kappa shape index (κ2) is 18.4. The zero-order chi connectivity index (χ0) is 51.2. The predicted molar refractivity (Wildman–Crippen MR) is 276 cm³/mol. The molecular weight excluding hydrogens is 839 g/mol. The highest BCUT2D eigenvalue weighted by molar-refractivity contribution is 5.59. The number of hydrogen-bond acceptors (Lipinski definition) is 7. The highest BCUT2D eigenvalue weighted by Gasteiger charge is 2.44. The summed E-state index contributed by atoms with van der Waals surface area (Å²) in [6, 6.07) is 36.4. The fourth-order valence-electron chi connectivity index (χ4n) is 8.45. The van der Waals surface area contributed by atoms with Gasteiger partial charge in [0.2, 0.25) is 0 Å². The zero-order valence-corrected chi connectivity index (χ0v) is 44.6. The topological polar surface area (TPSA) is 108 Å². The van der Waals surface area contributed by atoms with Gasteiger partial charge in [-0.15, -0.1) is 0 Å². The van der Waals surface area contributed by atoms with E-state index in [9.17, 15) is 15.8 Å². The van der Waals surface area contributed by atoms with E-state index in [1.807, 2.05) is 74.5 Å². The number of ether oxygens (including phenoxy) is 4. The molecule has 68 heavy (non-hydrogen) atoms. The number of nitrogens with zero attached hydrogens (tertiary/aromatic N) is 3. The molecule has 0 heterocycles. The Morgan fingerprint density at radius 1 is 0.368 bits per heavy atom. The maximum atomic E-state index is 11.0. The van der Waals surface area contributed by atoms with Gasteiger partial charge in [0.25, 0.3) is 0 Å². The van der Waals surface area contributed by atoms with E-state index in [1.54, 1.807) is 12.1 Å². The van der Waals surface area contributed by atoms with E-state index < -0.39 is 22.0 Å². The SMILES string of the molecule is CC(C)(C)c1cc(OC(C)(C)c2cccc(C(C)(C)C(C)(C)C)c2C#N)c(C(C)(C)C)cc1Oc1cccc(C(C)(C)C(C)(C)Oc2ccc(Oc3ccccc3C#N)cc2C(C)(C)C)c1C#N. The van der Waals surface area contributed by atoms with Gasteiger partial charge in [0.05, 0.1) is 22.8 Å². The molecule has 0 saturated carbocycles. The molecule has 0 N–H and O–H groups in total. The fourth-order valence-corrected chi connectivity index (χ4v) is 8.45. The van der Waals surface area contributed by atoms with Gasteiger partial charge in [-0.1, -0.05) is 153 Å². The number of rotatable bonds is 12. The molecular formula is C61H75N3O4. The summed E-state index contributed by atoms with van der Waals surface area (Å²) < 4.78 is 27.4. The lowest BCUT2D eigenvalue weighted by molar-refractivity contribution is 0.0338. The van der Waals surface area contributed by atoms with Crippen molar-refractivity contribution in [1.29, 1.82) is 15.8 Å². The molecule has 0 unspecified atom stereocenters. The van der Waals surface area contributed by atoms with Crippen LogP contribution in [0, 0.1) is 39.4 Å². The molecule has 0 radical (unpaired) electrons. The molecule has 0 amide bonds. The van der Waals surface area contributed by atoms with E-state index in [0.29, 0.717) is 51.2 Å². The first-order valence-corrected chi connectivity index (χ1v) is 23.8. The Morgan fingerprint density at radius 3 is 1.40 bits per heavy atom. The van der Waals surface area contributed by atoms with Crippen molar-refractivity contribution in [2.75, 3.05) is 0 Å². The highest BCUT2D eigenvalue weighted by Crippen LogP contribution is 2.49. The summed E-state index contributed by atoms with van der Waals surface area (Å²) >= 11 is 0. The van der Waals surface area contributed by atoms with Crippen LogP contribution >= 0.6 is 0 Å². The van der Waals surface area contributed by atoms with Crippen LogP contribution in [-0.4, -0.2) is 5.60 Å². The Labute approximate surface area is 409 Å². The van der Waals surface area contributed by atoms with Crippen molar-refractivity contribution in [3.05, 3.63) is 141 Å². The second-order valence-electron chi connectivity index (χ2n) is 24.4. The van der Waals surface area contributed by atoms with Gasteiger partial charge >= 0.3 is 0 Å². The molecule has 5 rings (SSSR count). The van der Waals surface area contributed by atoms with Gasteiger partial charge in [-0.2, -0.15) is 15.8 Å². The Hall–Kier alpha value is -6.23. The molecule has 7 heteroatoms. The third-order valence-electron chi connectivity index (χ3n) is 14.3. The largest absolute Gasteiger partial charge is 0.487 e. The van der Waals surface area contributed by atoms with Crippen LogP contribution < -0.4 is 18.9 Å². The van der Waals surface area contributed by atoms with E-state index in [2.05, 4.69) is 161 Å². The van der Waals surface area contributed by atoms with Crippen molar-refractivity contribution in [1.82, 2.24) is 0 Å². The van der Waals surface area contributed by atoms with Crippen LogP contribution in [0.2, 0.25) is 0 Å². The lowest BCUT2D eigenvalue weighted by Gasteiger charge is -2.43. The van der Waals surface area contributed by atoms with Crippen LogP contribution in [0.5, 0.6) is 34.5 Å². The molecule has 0 aromatic heterocycles. The highest BCUT2D eigenvalue weighted by atomic mass is 16.5. The molecule has 0 saturated heterocycles. The number of hydrogen-bond donors (Lipinski definition) is 0. The summed E-state index contributed by atoms with van der Waals surface area (Å²) in [5, 5.41) is 31.4. The van der Waals surface area contributed by atoms with Gasteiger partial charge < -0.3 is 18.9 Å². The summed E-state index contributed by atoms with van der Waals surface area (Å²) in [6.45, 7) is 42.7. The van der Waals surface area contributed by atoms with E-state index in [-0.39, 0.29) is 21.7 Å². The fraction of sp³-hybridized carbons (Fsp3) is 0.459. The van der Waals surface area contributed by atoms with Crippen molar-refractivity contribution in [3.63, 3.8) is 0 Å². The molecule has 0 aliphatic carbocycles. The minimum atomic E-state index is -0.886. The Bertz CT molecular complexity index is 2810. The lowest BCUT2D eigenvalue weighted by atomic mass is 9.63. The van der Waals surface area contributed by atoms with Gasteiger partial charge in [0.15, 0.2) is 0 Å². The Balaban J connectivity index is 1.58. The summed E-state index contributed by atoms with van der Waals surface area (Å²) in [4.78, 5) is 0. The van der Waals surface area contributed by atoms with Crippen LogP contribution in [-0.2, 0) is 32.7 Å². The van der Waals surface area contributed by atoms with Crippen LogP contribution in [0.3, 0.4) is 0 Å². The Kier molecular flexibility index (Phi) is 14.2. The minimum Gasteiger partial charge on any atom is -0.487 e. The average molecular weight is 914 g/mol. The average Bonchev–Trinajstić information content (AvgIpc) is 3.22. The first-order chi connectivity index (χ1) is 31.1. The molecule has 5 aromatic rings. The minimum absolute atomic E-state index is 0.0991. The molecule has 0 fully saturated rings. The van der Waals surface area contributed by atoms with Crippen molar-refractivity contribution < 1.29 is 18.9 Å². The molecule has 0 atom stereocenters. The first-order valence-electron chi connectivity index (χ1n) is 23.8. The van der Waals surface area contributed by atoms with Crippen molar-refractivity contribution in [3.8, 4) is 52.7 Å². The van der Waals surface area contributed by atoms with Crippen LogP contribution in [0.4, 0.5) is 0 Å².